The molecule has 7 nitrogen and oxygen atoms in total. The first kappa shape index (κ1) is 19.6. The van der Waals surface area contributed by atoms with Crippen molar-refractivity contribution in [2.75, 3.05) is 17.3 Å². The van der Waals surface area contributed by atoms with Gasteiger partial charge in [-0.3, -0.25) is 4.79 Å². The van der Waals surface area contributed by atoms with E-state index in [1.54, 1.807) is 12.1 Å². The normalized spacial score (nSPS) is 17.9. The van der Waals surface area contributed by atoms with E-state index in [9.17, 15) is 4.79 Å². The highest BCUT2D eigenvalue weighted by atomic mass is 35.5. The van der Waals surface area contributed by atoms with E-state index in [0.29, 0.717) is 22.5 Å². The molecule has 2 atom stereocenters. The minimum Gasteiger partial charge on any atom is -0.494 e. The molecule has 0 spiro atoms. The molecule has 2 heterocycles. The maximum Gasteiger partial charge on any atom is 0.240 e. The van der Waals surface area contributed by atoms with Crippen LogP contribution < -0.4 is 15.5 Å². The second-order valence-corrected chi connectivity index (χ2v) is 8.00. The standard InChI is InChI=1S/C20H20ClN5O2S/c1-3-28-14-10-8-13(9-11-14)17-18(29-20-24-23-12(2)26(20)25-17)19(27)22-16-7-5-4-6-15(16)21/h4-11,17-18,25H,3H2,1-2H3,(H,22,27)/t17-,18-/m1/s1. The van der Waals surface area contributed by atoms with Gasteiger partial charge < -0.3 is 15.5 Å². The van der Waals surface area contributed by atoms with E-state index in [2.05, 4.69) is 20.9 Å². The van der Waals surface area contributed by atoms with Gasteiger partial charge in [0.1, 0.15) is 16.8 Å². The van der Waals surface area contributed by atoms with Crippen LogP contribution in [0.25, 0.3) is 0 Å². The largest absolute Gasteiger partial charge is 0.494 e. The number of para-hydroxylation sites is 1. The van der Waals surface area contributed by atoms with E-state index in [1.807, 2.05) is 54.9 Å². The topological polar surface area (TPSA) is 81.1 Å². The number of carbonyl (C=O) groups is 1. The number of rotatable bonds is 5. The van der Waals surface area contributed by atoms with Crippen molar-refractivity contribution in [3.63, 3.8) is 0 Å². The van der Waals surface area contributed by atoms with Crippen molar-refractivity contribution < 1.29 is 9.53 Å². The summed E-state index contributed by atoms with van der Waals surface area (Å²) in [5, 5.41) is 11.9. The number of aryl methyl sites for hydroxylation is 1. The number of carbonyl (C=O) groups excluding carboxylic acids is 1. The monoisotopic (exact) mass is 429 g/mol. The van der Waals surface area contributed by atoms with E-state index in [0.717, 1.165) is 17.1 Å². The van der Waals surface area contributed by atoms with Gasteiger partial charge in [-0.05, 0) is 43.7 Å². The van der Waals surface area contributed by atoms with E-state index >= 15 is 0 Å². The molecule has 0 bridgehead atoms. The molecule has 0 saturated heterocycles. The van der Waals surface area contributed by atoms with Crippen molar-refractivity contribution in [2.45, 2.75) is 30.3 Å². The lowest BCUT2D eigenvalue weighted by Gasteiger charge is -2.32. The van der Waals surface area contributed by atoms with Crippen LogP contribution in [0.4, 0.5) is 5.69 Å². The predicted octanol–water partition coefficient (Wildman–Crippen LogP) is 4.04. The molecule has 2 N–H and O–H groups in total. The first-order chi connectivity index (χ1) is 14.1. The van der Waals surface area contributed by atoms with Crippen LogP contribution in [-0.2, 0) is 4.79 Å². The quantitative estimate of drug-likeness (QED) is 0.637. The molecule has 4 rings (SSSR count). The number of amides is 1. The number of ether oxygens (including phenoxy) is 1. The van der Waals surface area contributed by atoms with Gasteiger partial charge in [-0.2, -0.15) is 0 Å². The summed E-state index contributed by atoms with van der Waals surface area (Å²) in [6.07, 6.45) is 0. The van der Waals surface area contributed by atoms with Gasteiger partial charge in [-0.15, -0.1) is 10.2 Å². The Morgan fingerprint density at radius 2 is 2.00 bits per heavy atom. The molecule has 1 amide bonds. The lowest BCUT2D eigenvalue weighted by atomic mass is 10.0. The van der Waals surface area contributed by atoms with E-state index < -0.39 is 5.25 Å². The fourth-order valence-corrected chi connectivity index (χ4v) is 4.42. The van der Waals surface area contributed by atoms with Crippen molar-refractivity contribution in [3.05, 3.63) is 64.9 Å². The summed E-state index contributed by atoms with van der Waals surface area (Å²) < 4.78 is 7.34. The Bertz CT molecular complexity index is 1020. The summed E-state index contributed by atoms with van der Waals surface area (Å²) in [5.74, 6) is 1.35. The number of nitrogens with zero attached hydrogens (tertiary/aromatic N) is 3. The fourth-order valence-electron chi connectivity index (χ4n) is 3.12. The zero-order valence-corrected chi connectivity index (χ0v) is 17.5. The molecule has 3 aromatic rings. The molecular weight excluding hydrogens is 410 g/mol. The number of anilines is 1. The van der Waals surface area contributed by atoms with Gasteiger partial charge in [0.15, 0.2) is 0 Å². The molecule has 150 valence electrons. The lowest BCUT2D eigenvalue weighted by Crippen LogP contribution is -2.41. The molecule has 0 saturated carbocycles. The minimum absolute atomic E-state index is 0.165. The number of benzene rings is 2. The third-order valence-electron chi connectivity index (χ3n) is 4.54. The molecule has 0 unspecified atom stereocenters. The smallest absolute Gasteiger partial charge is 0.240 e. The van der Waals surface area contributed by atoms with Crippen LogP contribution in [0.3, 0.4) is 0 Å². The van der Waals surface area contributed by atoms with Gasteiger partial charge in [0.2, 0.25) is 11.1 Å². The van der Waals surface area contributed by atoms with Crippen molar-refractivity contribution in [2.24, 2.45) is 0 Å². The second kappa shape index (κ2) is 8.34. The van der Waals surface area contributed by atoms with Crippen LogP contribution in [-0.4, -0.2) is 32.6 Å². The molecule has 1 aliphatic rings. The summed E-state index contributed by atoms with van der Waals surface area (Å²) in [4.78, 5) is 13.2. The van der Waals surface area contributed by atoms with Gasteiger partial charge in [0, 0.05) is 0 Å². The van der Waals surface area contributed by atoms with Crippen molar-refractivity contribution in [3.8, 4) is 5.75 Å². The molecule has 0 aliphatic carbocycles. The molecule has 29 heavy (non-hydrogen) atoms. The van der Waals surface area contributed by atoms with Crippen LogP contribution in [0.1, 0.15) is 24.4 Å². The average molecular weight is 430 g/mol. The average Bonchev–Trinajstić information content (AvgIpc) is 3.10. The zero-order chi connectivity index (χ0) is 20.4. The van der Waals surface area contributed by atoms with Crippen LogP contribution in [0.5, 0.6) is 5.75 Å². The Hall–Kier alpha value is -2.71. The molecular formula is C20H20ClN5O2S. The summed E-state index contributed by atoms with van der Waals surface area (Å²) in [7, 11) is 0. The second-order valence-electron chi connectivity index (χ2n) is 6.48. The summed E-state index contributed by atoms with van der Waals surface area (Å²) in [6, 6.07) is 14.6. The first-order valence-corrected chi connectivity index (χ1v) is 10.5. The Labute approximate surface area is 177 Å². The minimum atomic E-state index is -0.472. The molecule has 2 aromatic carbocycles. The van der Waals surface area contributed by atoms with Crippen LogP contribution in [0, 0.1) is 6.92 Å². The number of halogens is 1. The first-order valence-electron chi connectivity index (χ1n) is 9.20. The van der Waals surface area contributed by atoms with Crippen molar-refractivity contribution in [1.29, 1.82) is 0 Å². The van der Waals surface area contributed by atoms with Crippen LogP contribution in [0.2, 0.25) is 5.02 Å². The Morgan fingerprint density at radius 3 is 2.72 bits per heavy atom. The highest BCUT2D eigenvalue weighted by Gasteiger charge is 2.37. The van der Waals surface area contributed by atoms with Gasteiger partial charge in [0.25, 0.3) is 0 Å². The Kier molecular flexibility index (Phi) is 5.64. The van der Waals surface area contributed by atoms with E-state index in [4.69, 9.17) is 16.3 Å². The Morgan fingerprint density at radius 1 is 1.24 bits per heavy atom. The highest BCUT2D eigenvalue weighted by Crippen LogP contribution is 2.38. The van der Waals surface area contributed by atoms with E-state index in [1.165, 1.54) is 11.8 Å². The molecule has 0 radical (unpaired) electrons. The number of aromatic nitrogens is 3. The highest BCUT2D eigenvalue weighted by molar-refractivity contribution is 8.00. The van der Waals surface area contributed by atoms with Crippen LogP contribution in [0.15, 0.2) is 53.7 Å². The molecule has 1 aliphatic heterocycles. The van der Waals surface area contributed by atoms with Crippen LogP contribution >= 0.6 is 23.4 Å². The fraction of sp³-hybridized carbons (Fsp3) is 0.250. The molecule has 9 heteroatoms. The van der Waals surface area contributed by atoms with Crippen molar-refractivity contribution in [1.82, 2.24) is 14.9 Å². The van der Waals surface area contributed by atoms with Gasteiger partial charge in [0.05, 0.1) is 23.4 Å². The van der Waals surface area contributed by atoms with Gasteiger partial charge in [-0.25, -0.2) is 4.68 Å². The predicted molar refractivity (Wildman–Crippen MR) is 114 cm³/mol. The van der Waals surface area contributed by atoms with Gasteiger partial charge >= 0.3 is 0 Å². The molecule has 1 aromatic heterocycles. The lowest BCUT2D eigenvalue weighted by molar-refractivity contribution is -0.116. The summed E-state index contributed by atoms with van der Waals surface area (Å²) >= 11 is 7.58. The Balaban J connectivity index is 1.65. The van der Waals surface area contributed by atoms with Gasteiger partial charge in [-0.1, -0.05) is 47.6 Å². The number of nitrogens with one attached hydrogen (secondary N) is 2. The summed E-state index contributed by atoms with van der Waals surface area (Å²) in [6.45, 7) is 4.41. The number of thioether (sulfide) groups is 1. The van der Waals surface area contributed by atoms with Crippen molar-refractivity contribution >= 4 is 35.0 Å². The number of fused-ring (bicyclic) bond motifs is 1. The third-order valence-corrected chi connectivity index (χ3v) is 6.08. The van der Waals surface area contributed by atoms with E-state index in [-0.39, 0.29) is 11.9 Å². The molecule has 0 fully saturated rings. The maximum absolute atomic E-state index is 13.2. The number of hydrogen-bond donors (Lipinski definition) is 2. The summed E-state index contributed by atoms with van der Waals surface area (Å²) in [5.41, 5.74) is 4.92. The number of hydrogen-bond acceptors (Lipinski definition) is 6. The third kappa shape index (κ3) is 4.04. The maximum atomic E-state index is 13.2. The zero-order valence-electron chi connectivity index (χ0n) is 15.9. The SMILES string of the molecule is CCOc1ccc([C@H]2Nn3c(C)nnc3S[C@H]2C(=O)Nc2ccccc2Cl)cc1.